The molecule has 0 aliphatic rings. The molecule has 6 heteroatoms. The van der Waals surface area contributed by atoms with Crippen molar-refractivity contribution >= 4 is 24.3 Å². The number of hydrogen-bond acceptors (Lipinski definition) is 3. The lowest BCUT2D eigenvalue weighted by Crippen LogP contribution is -2.52. The molecule has 0 radical (unpaired) electrons. The predicted molar refractivity (Wildman–Crippen MR) is 87.5 cm³/mol. The quantitative estimate of drug-likeness (QED) is 0.761. The lowest BCUT2D eigenvalue weighted by molar-refractivity contribution is -0.136. The molecule has 0 aromatic rings. The van der Waals surface area contributed by atoms with Crippen LogP contribution in [0.1, 0.15) is 41.5 Å². The highest BCUT2D eigenvalue weighted by Crippen LogP contribution is 2.21. The molecule has 0 aromatic heterocycles. The molecule has 0 aromatic carbocycles. The van der Waals surface area contributed by atoms with Crippen LogP contribution < -0.4 is 5.73 Å². The van der Waals surface area contributed by atoms with Gasteiger partial charge < -0.3 is 15.7 Å². The van der Waals surface area contributed by atoms with Crippen LogP contribution in [0.15, 0.2) is 11.6 Å². The summed E-state index contributed by atoms with van der Waals surface area (Å²) in [4.78, 5) is 24.9. The van der Waals surface area contributed by atoms with E-state index in [0.717, 1.165) is 0 Å². The van der Waals surface area contributed by atoms with Gasteiger partial charge >= 0.3 is 5.97 Å². The molecule has 2 atom stereocenters. The van der Waals surface area contributed by atoms with Crippen molar-refractivity contribution < 1.29 is 14.7 Å². The molecule has 1 amide bonds. The van der Waals surface area contributed by atoms with E-state index < -0.39 is 12.0 Å². The number of likely N-dealkylation sites (N-methyl/N-ethyl adjacent to an activating group) is 1. The standard InChI is InChI=1S/C15H28N2O3.ClH/c1-9(2)11(8-10(3)14(19)20)17(7)13(18)12(16)15(4,5)6;/h8-9,11-12H,16H2,1-7H3,(H,19,20);1H/t11?,12-;/m1./s1. The van der Waals surface area contributed by atoms with E-state index in [1.54, 1.807) is 18.0 Å². The highest BCUT2D eigenvalue weighted by molar-refractivity contribution is 5.86. The number of carbonyl (C=O) groups excluding carboxylic acids is 1. The zero-order valence-electron chi connectivity index (χ0n) is 14.0. The molecule has 3 N–H and O–H groups in total. The summed E-state index contributed by atoms with van der Waals surface area (Å²) in [7, 11) is 1.67. The second kappa shape index (κ2) is 8.39. The second-order valence-corrected chi connectivity index (χ2v) is 6.68. The molecule has 0 spiro atoms. The van der Waals surface area contributed by atoms with Crippen molar-refractivity contribution in [3.63, 3.8) is 0 Å². The van der Waals surface area contributed by atoms with Gasteiger partial charge in [0.2, 0.25) is 5.91 Å². The van der Waals surface area contributed by atoms with E-state index in [4.69, 9.17) is 10.8 Å². The normalized spacial score (nSPS) is 15.2. The maximum absolute atomic E-state index is 12.4. The van der Waals surface area contributed by atoms with Crippen LogP contribution in [0.5, 0.6) is 0 Å². The summed E-state index contributed by atoms with van der Waals surface area (Å²) in [6.07, 6.45) is 1.61. The fourth-order valence-electron chi connectivity index (χ4n) is 1.82. The smallest absolute Gasteiger partial charge is 0.331 e. The zero-order valence-corrected chi connectivity index (χ0v) is 14.8. The summed E-state index contributed by atoms with van der Waals surface area (Å²) < 4.78 is 0. The highest BCUT2D eigenvalue weighted by Gasteiger charge is 2.32. The van der Waals surface area contributed by atoms with Gasteiger partial charge in [-0.2, -0.15) is 0 Å². The Morgan fingerprint density at radius 1 is 1.24 bits per heavy atom. The highest BCUT2D eigenvalue weighted by atomic mass is 35.5. The molecule has 0 aliphatic heterocycles. The molecule has 5 nitrogen and oxygen atoms in total. The number of carboxylic acids is 1. The van der Waals surface area contributed by atoms with Crippen molar-refractivity contribution in [1.82, 2.24) is 4.90 Å². The topological polar surface area (TPSA) is 83.6 Å². The summed E-state index contributed by atoms with van der Waals surface area (Å²) in [5.41, 5.74) is 5.89. The van der Waals surface area contributed by atoms with E-state index in [1.807, 2.05) is 34.6 Å². The van der Waals surface area contributed by atoms with Crippen LogP contribution in [-0.2, 0) is 9.59 Å². The van der Waals surface area contributed by atoms with Gasteiger partial charge in [-0.15, -0.1) is 12.4 Å². The zero-order chi connectivity index (χ0) is 16.2. The molecule has 0 saturated carbocycles. The minimum absolute atomic E-state index is 0. The largest absolute Gasteiger partial charge is 0.478 e. The SMILES string of the molecule is CC(=CC(C(C)C)N(C)C(=O)[C@@H](N)C(C)(C)C)C(=O)O.Cl. The summed E-state index contributed by atoms with van der Waals surface area (Å²) in [5.74, 6) is -1.05. The molecule has 0 fully saturated rings. The van der Waals surface area contributed by atoms with E-state index in [0.29, 0.717) is 0 Å². The van der Waals surface area contributed by atoms with E-state index in [9.17, 15) is 9.59 Å². The van der Waals surface area contributed by atoms with Crippen molar-refractivity contribution in [2.24, 2.45) is 17.1 Å². The number of hydrogen-bond donors (Lipinski definition) is 2. The summed E-state index contributed by atoms with van der Waals surface area (Å²) in [5, 5.41) is 8.98. The lowest BCUT2D eigenvalue weighted by Gasteiger charge is -2.35. The van der Waals surface area contributed by atoms with Crippen LogP contribution in [0.4, 0.5) is 0 Å². The van der Waals surface area contributed by atoms with Crippen LogP contribution in [0, 0.1) is 11.3 Å². The van der Waals surface area contributed by atoms with E-state index in [2.05, 4.69) is 0 Å². The number of halogens is 1. The Morgan fingerprint density at radius 2 is 1.67 bits per heavy atom. The number of carboxylic acid groups (broad SMARTS) is 1. The first-order chi connectivity index (χ1) is 8.89. The van der Waals surface area contributed by atoms with Crippen LogP contribution in [0.25, 0.3) is 0 Å². The van der Waals surface area contributed by atoms with Crippen LogP contribution in [-0.4, -0.2) is 41.0 Å². The maximum atomic E-state index is 12.4. The number of nitrogens with two attached hydrogens (primary N) is 1. The Hall–Kier alpha value is -1.07. The second-order valence-electron chi connectivity index (χ2n) is 6.68. The Kier molecular flexibility index (Phi) is 8.88. The molecule has 0 heterocycles. The predicted octanol–water partition coefficient (Wildman–Crippen LogP) is 2.30. The van der Waals surface area contributed by atoms with Gasteiger partial charge in [0.05, 0.1) is 12.1 Å². The van der Waals surface area contributed by atoms with Gasteiger partial charge in [0.25, 0.3) is 0 Å². The summed E-state index contributed by atoms with van der Waals surface area (Å²) in [6, 6.07) is -0.903. The van der Waals surface area contributed by atoms with Crippen molar-refractivity contribution in [3.05, 3.63) is 11.6 Å². The minimum atomic E-state index is -0.975. The van der Waals surface area contributed by atoms with Gasteiger partial charge in [-0.1, -0.05) is 40.7 Å². The summed E-state index contributed by atoms with van der Waals surface area (Å²) in [6.45, 7) is 11.1. The minimum Gasteiger partial charge on any atom is -0.478 e. The fraction of sp³-hybridized carbons (Fsp3) is 0.733. The molecular formula is C15H29ClN2O3. The maximum Gasteiger partial charge on any atom is 0.331 e. The molecule has 1 unspecified atom stereocenters. The number of rotatable bonds is 5. The van der Waals surface area contributed by atoms with Gasteiger partial charge in [0.15, 0.2) is 0 Å². The molecule has 21 heavy (non-hydrogen) atoms. The number of aliphatic carboxylic acids is 1. The van der Waals surface area contributed by atoms with Gasteiger partial charge in [-0.05, 0) is 18.3 Å². The van der Waals surface area contributed by atoms with E-state index in [1.165, 1.54) is 6.92 Å². The Labute approximate surface area is 134 Å². The Morgan fingerprint density at radius 3 is 1.95 bits per heavy atom. The lowest BCUT2D eigenvalue weighted by atomic mass is 9.86. The third-order valence-electron chi connectivity index (χ3n) is 3.44. The Bertz CT molecular complexity index is 400. The molecule has 124 valence electrons. The van der Waals surface area contributed by atoms with Crippen LogP contribution in [0.2, 0.25) is 0 Å². The van der Waals surface area contributed by atoms with E-state index >= 15 is 0 Å². The van der Waals surface area contributed by atoms with Crippen molar-refractivity contribution in [2.45, 2.75) is 53.6 Å². The third-order valence-corrected chi connectivity index (χ3v) is 3.44. The first kappa shape index (κ1) is 22.2. The molecular weight excluding hydrogens is 292 g/mol. The molecule has 0 aliphatic carbocycles. The summed E-state index contributed by atoms with van der Waals surface area (Å²) >= 11 is 0. The average molecular weight is 321 g/mol. The van der Waals surface area contributed by atoms with Gasteiger partial charge in [0.1, 0.15) is 0 Å². The number of amides is 1. The first-order valence-electron chi connectivity index (χ1n) is 6.83. The van der Waals surface area contributed by atoms with Crippen molar-refractivity contribution in [2.75, 3.05) is 7.05 Å². The fourth-order valence-corrected chi connectivity index (χ4v) is 1.82. The van der Waals surface area contributed by atoms with Crippen LogP contribution >= 0.6 is 12.4 Å². The van der Waals surface area contributed by atoms with Gasteiger partial charge in [0, 0.05) is 12.6 Å². The molecule has 0 rings (SSSR count). The molecule has 0 saturated heterocycles. The van der Waals surface area contributed by atoms with Gasteiger partial charge in [-0.25, -0.2) is 4.79 Å². The van der Waals surface area contributed by atoms with Gasteiger partial charge in [-0.3, -0.25) is 4.79 Å². The van der Waals surface area contributed by atoms with E-state index in [-0.39, 0.29) is 41.3 Å². The average Bonchev–Trinajstić information content (AvgIpc) is 2.31. The Balaban J connectivity index is 0. The van der Waals surface area contributed by atoms with Crippen molar-refractivity contribution in [1.29, 1.82) is 0 Å². The van der Waals surface area contributed by atoms with Crippen molar-refractivity contribution in [3.8, 4) is 0 Å². The van der Waals surface area contributed by atoms with Crippen LogP contribution in [0.3, 0.4) is 0 Å². The number of nitrogens with zero attached hydrogens (tertiary/aromatic N) is 1. The number of carbonyl (C=O) groups is 2. The first-order valence-corrected chi connectivity index (χ1v) is 6.83. The third kappa shape index (κ3) is 6.48. The molecule has 0 bridgehead atoms. The monoisotopic (exact) mass is 320 g/mol.